The average molecular weight is 260 g/mol. The van der Waals surface area contributed by atoms with Gasteiger partial charge in [-0.2, -0.15) is 0 Å². The van der Waals surface area contributed by atoms with Crippen molar-refractivity contribution in [3.8, 4) is 0 Å². The molecular formula is C10H12O6S. The minimum Gasteiger partial charge on any atom is -0.469 e. The number of aldehydes is 1. The maximum atomic E-state index is 11.6. The van der Waals surface area contributed by atoms with E-state index in [0.29, 0.717) is 6.29 Å². The zero-order valence-electron chi connectivity index (χ0n) is 9.21. The molecule has 17 heavy (non-hydrogen) atoms. The molecule has 0 atom stereocenters. The Bertz CT molecular complexity index is 499. The molecule has 0 saturated carbocycles. The van der Waals surface area contributed by atoms with Crippen LogP contribution in [0.25, 0.3) is 0 Å². The highest BCUT2D eigenvalue weighted by Gasteiger charge is 2.17. The Labute approximate surface area is 98.5 Å². The van der Waals surface area contributed by atoms with Crippen molar-refractivity contribution in [2.24, 2.45) is 0 Å². The molecule has 0 aromatic carbocycles. The molecule has 1 rings (SSSR count). The SMILES string of the molecule is COC(=O)CCS(=O)(=O)Cc1ccc(C=O)o1. The topological polar surface area (TPSA) is 90.7 Å². The van der Waals surface area contributed by atoms with Gasteiger partial charge in [-0.1, -0.05) is 0 Å². The summed E-state index contributed by atoms with van der Waals surface area (Å²) < 4.78 is 32.4. The highest BCUT2D eigenvalue weighted by molar-refractivity contribution is 7.90. The maximum absolute atomic E-state index is 11.6. The van der Waals surface area contributed by atoms with Crippen LogP contribution in [0.3, 0.4) is 0 Å². The van der Waals surface area contributed by atoms with Crippen molar-refractivity contribution in [2.75, 3.05) is 12.9 Å². The molecule has 0 fully saturated rings. The zero-order chi connectivity index (χ0) is 12.9. The second kappa shape index (κ2) is 5.62. The van der Waals surface area contributed by atoms with Crippen molar-refractivity contribution >= 4 is 22.1 Å². The van der Waals surface area contributed by atoms with Crippen molar-refractivity contribution < 1.29 is 27.2 Å². The molecule has 0 unspecified atom stereocenters. The van der Waals surface area contributed by atoms with Crippen LogP contribution < -0.4 is 0 Å². The van der Waals surface area contributed by atoms with E-state index in [-0.39, 0.29) is 29.4 Å². The van der Waals surface area contributed by atoms with Crippen LogP contribution in [0.1, 0.15) is 22.7 Å². The van der Waals surface area contributed by atoms with Crippen LogP contribution in [0, 0.1) is 0 Å². The van der Waals surface area contributed by atoms with Crippen molar-refractivity contribution in [2.45, 2.75) is 12.2 Å². The van der Waals surface area contributed by atoms with E-state index in [1.54, 1.807) is 0 Å². The van der Waals surface area contributed by atoms with E-state index in [4.69, 9.17) is 4.42 Å². The number of hydrogen-bond acceptors (Lipinski definition) is 6. The lowest BCUT2D eigenvalue weighted by Gasteiger charge is -2.01. The second-order valence-electron chi connectivity index (χ2n) is 3.34. The fourth-order valence-corrected chi connectivity index (χ4v) is 2.38. The number of sulfone groups is 1. The number of furan rings is 1. The molecule has 1 aromatic rings. The van der Waals surface area contributed by atoms with E-state index in [9.17, 15) is 18.0 Å². The number of rotatable bonds is 6. The summed E-state index contributed by atoms with van der Waals surface area (Å²) in [5, 5.41) is 0. The minimum atomic E-state index is -3.45. The molecule has 0 aliphatic rings. The molecule has 0 spiro atoms. The molecule has 6 nitrogen and oxygen atoms in total. The predicted molar refractivity (Wildman–Crippen MR) is 58.2 cm³/mol. The third-order valence-corrected chi connectivity index (χ3v) is 3.56. The molecule has 0 N–H and O–H groups in total. The predicted octanol–water partition coefficient (Wildman–Crippen LogP) is 0.570. The summed E-state index contributed by atoms with van der Waals surface area (Å²) in [7, 11) is -2.25. The molecular weight excluding hydrogens is 248 g/mol. The number of esters is 1. The first kappa shape index (κ1) is 13.4. The third kappa shape index (κ3) is 4.39. The van der Waals surface area contributed by atoms with Crippen LogP contribution in [-0.2, 0) is 25.1 Å². The molecule has 0 bridgehead atoms. The highest BCUT2D eigenvalue weighted by atomic mass is 32.2. The van der Waals surface area contributed by atoms with Gasteiger partial charge in [-0.05, 0) is 12.1 Å². The number of ether oxygens (including phenoxy) is 1. The molecule has 0 radical (unpaired) electrons. The Hall–Kier alpha value is -1.63. The van der Waals surface area contributed by atoms with Crippen molar-refractivity contribution in [1.82, 2.24) is 0 Å². The molecule has 0 aliphatic carbocycles. The normalized spacial score (nSPS) is 11.1. The summed E-state index contributed by atoms with van der Waals surface area (Å²) in [4.78, 5) is 21.1. The number of carbonyl (C=O) groups is 2. The lowest BCUT2D eigenvalue weighted by molar-refractivity contribution is -0.140. The van der Waals surface area contributed by atoms with Gasteiger partial charge in [0.1, 0.15) is 11.5 Å². The van der Waals surface area contributed by atoms with E-state index in [1.165, 1.54) is 19.2 Å². The van der Waals surface area contributed by atoms with Gasteiger partial charge in [0.25, 0.3) is 0 Å². The monoisotopic (exact) mass is 260 g/mol. The van der Waals surface area contributed by atoms with Crippen molar-refractivity contribution in [1.29, 1.82) is 0 Å². The lowest BCUT2D eigenvalue weighted by Crippen LogP contribution is -2.13. The standard InChI is InChI=1S/C10H12O6S/c1-15-10(12)4-5-17(13,14)7-9-3-2-8(6-11)16-9/h2-3,6H,4-5,7H2,1H3. The largest absolute Gasteiger partial charge is 0.469 e. The summed E-state index contributed by atoms with van der Waals surface area (Å²) >= 11 is 0. The Morgan fingerprint density at radius 2 is 2.18 bits per heavy atom. The highest BCUT2D eigenvalue weighted by Crippen LogP contribution is 2.11. The summed E-state index contributed by atoms with van der Waals surface area (Å²) in [6, 6.07) is 2.80. The van der Waals surface area contributed by atoms with Gasteiger partial charge in [0.15, 0.2) is 21.9 Å². The minimum absolute atomic E-state index is 0.0724. The molecule has 94 valence electrons. The van der Waals surface area contributed by atoms with Crippen LogP contribution in [-0.4, -0.2) is 33.5 Å². The summed E-state index contributed by atoms with van der Waals surface area (Å²) in [6.07, 6.45) is 0.296. The van der Waals surface area contributed by atoms with Crippen LogP contribution in [0.15, 0.2) is 16.5 Å². The molecule has 1 heterocycles. The lowest BCUT2D eigenvalue weighted by atomic mass is 10.4. The fraction of sp³-hybridized carbons (Fsp3) is 0.400. The Morgan fingerprint density at radius 1 is 1.47 bits per heavy atom. The Kier molecular flexibility index (Phi) is 4.45. The molecule has 0 amide bonds. The maximum Gasteiger partial charge on any atom is 0.306 e. The van der Waals surface area contributed by atoms with Crippen LogP contribution >= 0.6 is 0 Å². The van der Waals surface area contributed by atoms with Gasteiger partial charge in [-0.15, -0.1) is 0 Å². The number of methoxy groups -OCH3 is 1. The second-order valence-corrected chi connectivity index (χ2v) is 5.52. The third-order valence-electron chi connectivity index (χ3n) is 2.01. The quantitative estimate of drug-likeness (QED) is 0.548. The van der Waals surface area contributed by atoms with Gasteiger partial charge in [-0.3, -0.25) is 9.59 Å². The van der Waals surface area contributed by atoms with Crippen LogP contribution in [0.5, 0.6) is 0 Å². The van der Waals surface area contributed by atoms with Gasteiger partial charge in [-0.25, -0.2) is 8.42 Å². The molecule has 0 saturated heterocycles. The first-order valence-corrected chi connectivity index (χ1v) is 6.60. The number of hydrogen-bond donors (Lipinski definition) is 0. The van der Waals surface area contributed by atoms with Gasteiger partial charge in [0.2, 0.25) is 0 Å². The molecule has 7 heteroatoms. The first-order valence-electron chi connectivity index (χ1n) is 4.78. The Morgan fingerprint density at radius 3 is 2.71 bits per heavy atom. The van der Waals surface area contributed by atoms with E-state index in [1.807, 2.05) is 0 Å². The zero-order valence-corrected chi connectivity index (χ0v) is 10.0. The van der Waals surface area contributed by atoms with E-state index in [2.05, 4.69) is 4.74 Å². The van der Waals surface area contributed by atoms with E-state index >= 15 is 0 Å². The van der Waals surface area contributed by atoms with E-state index in [0.717, 1.165) is 0 Å². The van der Waals surface area contributed by atoms with Gasteiger partial charge >= 0.3 is 5.97 Å². The van der Waals surface area contributed by atoms with Gasteiger partial charge in [0.05, 0.1) is 19.3 Å². The van der Waals surface area contributed by atoms with E-state index < -0.39 is 15.8 Å². The van der Waals surface area contributed by atoms with Crippen LogP contribution in [0.4, 0.5) is 0 Å². The van der Waals surface area contributed by atoms with Crippen LogP contribution in [0.2, 0.25) is 0 Å². The molecule has 0 aliphatic heterocycles. The first-order chi connectivity index (χ1) is 7.96. The summed E-state index contributed by atoms with van der Waals surface area (Å²) in [5.74, 6) is -0.976. The number of carbonyl (C=O) groups excluding carboxylic acids is 2. The summed E-state index contributed by atoms with van der Waals surface area (Å²) in [5.41, 5.74) is 0. The van der Waals surface area contributed by atoms with Crippen molar-refractivity contribution in [3.05, 3.63) is 23.7 Å². The molecule has 1 aromatic heterocycles. The summed E-state index contributed by atoms with van der Waals surface area (Å²) in [6.45, 7) is 0. The van der Waals surface area contributed by atoms with Gasteiger partial charge < -0.3 is 9.15 Å². The van der Waals surface area contributed by atoms with Crippen molar-refractivity contribution in [3.63, 3.8) is 0 Å². The smallest absolute Gasteiger partial charge is 0.306 e. The average Bonchev–Trinajstić information content (AvgIpc) is 2.73. The van der Waals surface area contributed by atoms with Gasteiger partial charge in [0, 0.05) is 0 Å². The Balaban J connectivity index is 2.60. The fourth-order valence-electron chi connectivity index (χ4n) is 1.17.